The fraction of sp³-hybridized carbons (Fsp3) is 0.438. The van der Waals surface area contributed by atoms with Crippen molar-refractivity contribution in [1.29, 1.82) is 0 Å². The lowest BCUT2D eigenvalue weighted by Gasteiger charge is -2.08. The van der Waals surface area contributed by atoms with Crippen LogP contribution in [-0.2, 0) is 10.8 Å². The summed E-state index contributed by atoms with van der Waals surface area (Å²) in [6.07, 6.45) is 6.86. The van der Waals surface area contributed by atoms with Gasteiger partial charge in [-0.3, -0.25) is 4.21 Å². The van der Waals surface area contributed by atoms with E-state index in [4.69, 9.17) is 0 Å². The van der Waals surface area contributed by atoms with Crippen molar-refractivity contribution in [2.75, 3.05) is 6.26 Å². The highest BCUT2D eigenvalue weighted by atomic mass is 32.2. The fourth-order valence-corrected chi connectivity index (χ4v) is 3.17. The summed E-state index contributed by atoms with van der Waals surface area (Å²) in [4.78, 5) is 0.824. The minimum Gasteiger partial charge on any atom is -0.411 e. The third-order valence-electron chi connectivity index (χ3n) is 3.73. The van der Waals surface area contributed by atoms with Crippen molar-refractivity contribution < 1.29 is 9.42 Å². The van der Waals surface area contributed by atoms with E-state index in [9.17, 15) is 9.42 Å². The second-order valence-electron chi connectivity index (χ2n) is 5.11. The first-order valence-electron chi connectivity index (χ1n) is 7.04. The maximum absolute atomic E-state index is 11.4. The van der Waals surface area contributed by atoms with Crippen LogP contribution in [0.5, 0.6) is 0 Å². The first kappa shape index (κ1) is 15.0. The summed E-state index contributed by atoms with van der Waals surface area (Å²) in [7, 11) is -0.959. The first-order chi connectivity index (χ1) is 9.67. The van der Waals surface area contributed by atoms with Crippen molar-refractivity contribution in [1.82, 2.24) is 0 Å². The van der Waals surface area contributed by atoms with Gasteiger partial charge in [0.1, 0.15) is 0 Å². The molecule has 0 saturated carbocycles. The van der Waals surface area contributed by atoms with Gasteiger partial charge < -0.3 is 5.21 Å². The van der Waals surface area contributed by atoms with E-state index in [0.29, 0.717) is 0 Å². The monoisotopic (exact) mass is 291 g/mol. The molecule has 0 fully saturated rings. The van der Waals surface area contributed by atoms with Crippen LogP contribution < -0.4 is 0 Å². The summed E-state index contributed by atoms with van der Waals surface area (Å²) >= 11 is 0. The summed E-state index contributed by atoms with van der Waals surface area (Å²) in [5, 5.41) is 12.6. The molecule has 1 aliphatic rings. The molecule has 1 aromatic carbocycles. The standard InChI is InChI=1S/C16H21NO2S/c1-3-4-5-12-8-11-15(17-18)16(12)13-6-9-14(10-7-13)20(2)19/h6-7,9-10,18H,3-5,8,11H2,1-2H3. The van der Waals surface area contributed by atoms with Gasteiger partial charge in [0.15, 0.2) is 0 Å². The van der Waals surface area contributed by atoms with E-state index in [1.54, 1.807) is 6.26 Å². The highest BCUT2D eigenvalue weighted by Crippen LogP contribution is 2.35. The van der Waals surface area contributed by atoms with Crippen LogP contribution in [0, 0.1) is 0 Å². The number of hydrogen-bond acceptors (Lipinski definition) is 3. The summed E-state index contributed by atoms with van der Waals surface area (Å²) in [5.41, 5.74) is 4.32. The van der Waals surface area contributed by atoms with Crippen molar-refractivity contribution in [3.63, 3.8) is 0 Å². The number of unbranched alkanes of at least 4 members (excludes halogenated alkanes) is 1. The van der Waals surface area contributed by atoms with E-state index in [2.05, 4.69) is 12.1 Å². The lowest BCUT2D eigenvalue weighted by Crippen LogP contribution is -1.98. The Hall–Kier alpha value is -1.42. The normalized spacial score (nSPS) is 18.8. The van der Waals surface area contributed by atoms with Crippen molar-refractivity contribution in [3.05, 3.63) is 35.4 Å². The molecule has 0 aromatic heterocycles. The predicted molar refractivity (Wildman–Crippen MR) is 83.7 cm³/mol. The summed E-state index contributed by atoms with van der Waals surface area (Å²) in [6.45, 7) is 2.18. The largest absolute Gasteiger partial charge is 0.411 e. The lowest BCUT2D eigenvalue weighted by atomic mass is 9.98. The van der Waals surface area contributed by atoms with Gasteiger partial charge in [-0.05, 0) is 43.4 Å². The smallest absolute Gasteiger partial charge is 0.0876 e. The van der Waals surface area contributed by atoms with Crippen LogP contribution in [0.4, 0.5) is 0 Å². The molecule has 0 heterocycles. The molecule has 1 aromatic rings. The molecule has 20 heavy (non-hydrogen) atoms. The highest BCUT2D eigenvalue weighted by Gasteiger charge is 2.22. The van der Waals surface area contributed by atoms with E-state index >= 15 is 0 Å². The van der Waals surface area contributed by atoms with Gasteiger partial charge >= 0.3 is 0 Å². The molecule has 2 rings (SSSR count). The zero-order valence-corrected chi connectivity index (χ0v) is 12.9. The molecule has 3 nitrogen and oxygen atoms in total. The summed E-state index contributed by atoms with van der Waals surface area (Å²) < 4.78 is 11.4. The molecule has 1 atom stereocenters. The highest BCUT2D eigenvalue weighted by molar-refractivity contribution is 7.84. The van der Waals surface area contributed by atoms with Crippen LogP contribution in [0.1, 0.15) is 44.6 Å². The fourth-order valence-electron chi connectivity index (χ4n) is 2.65. The van der Waals surface area contributed by atoms with Gasteiger partial charge in [-0.1, -0.05) is 36.2 Å². The zero-order valence-electron chi connectivity index (χ0n) is 12.1. The Kier molecular flexibility index (Phi) is 5.12. The van der Waals surface area contributed by atoms with E-state index in [1.807, 2.05) is 24.3 Å². The number of oxime groups is 1. The van der Waals surface area contributed by atoms with E-state index in [0.717, 1.165) is 53.8 Å². The molecule has 0 aliphatic heterocycles. The topological polar surface area (TPSA) is 49.7 Å². The van der Waals surface area contributed by atoms with Gasteiger partial charge in [-0.2, -0.15) is 0 Å². The van der Waals surface area contributed by atoms with Gasteiger partial charge in [0.05, 0.1) is 5.71 Å². The van der Waals surface area contributed by atoms with Crippen LogP contribution >= 0.6 is 0 Å². The van der Waals surface area contributed by atoms with Gasteiger partial charge in [-0.15, -0.1) is 0 Å². The quantitative estimate of drug-likeness (QED) is 0.658. The molecule has 0 amide bonds. The minimum atomic E-state index is -0.959. The van der Waals surface area contributed by atoms with Gasteiger partial charge in [-0.25, -0.2) is 0 Å². The van der Waals surface area contributed by atoms with E-state index in [-0.39, 0.29) is 0 Å². The summed E-state index contributed by atoms with van der Waals surface area (Å²) in [6, 6.07) is 7.75. The SMILES string of the molecule is CCCCC1=C(c2ccc(S(C)=O)cc2)C(=NO)CC1. The minimum absolute atomic E-state index is 0.779. The Morgan fingerprint density at radius 3 is 2.50 bits per heavy atom. The van der Waals surface area contributed by atoms with Crippen molar-refractivity contribution in [3.8, 4) is 0 Å². The first-order valence-corrected chi connectivity index (χ1v) is 8.60. The van der Waals surface area contributed by atoms with Crippen LogP contribution in [0.3, 0.4) is 0 Å². The Bertz CT molecular complexity index is 558. The number of hydrogen-bond donors (Lipinski definition) is 1. The van der Waals surface area contributed by atoms with Gasteiger partial charge in [0.25, 0.3) is 0 Å². The zero-order chi connectivity index (χ0) is 14.5. The van der Waals surface area contributed by atoms with Crippen LogP contribution in [0.15, 0.2) is 39.9 Å². The maximum Gasteiger partial charge on any atom is 0.0876 e. The molecule has 0 radical (unpaired) electrons. The Labute approximate surface area is 122 Å². The van der Waals surface area contributed by atoms with Gasteiger partial charge in [0.2, 0.25) is 0 Å². The molecule has 0 saturated heterocycles. The third-order valence-corrected chi connectivity index (χ3v) is 4.67. The average Bonchev–Trinajstić information content (AvgIpc) is 2.88. The molecule has 0 bridgehead atoms. The van der Waals surface area contributed by atoms with Crippen molar-refractivity contribution >= 4 is 22.1 Å². The number of benzene rings is 1. The molecular weight excluding hydrogens is 270 g/mol. The van der Waals surface area contributed by atoms with Crippen LogP contribution in [-0.4, -0.2) is 21.4 Å². The number of allylic oxidation sites excluding steroid dienone is 2. The lowest BCUT2D eigenvalue weighted by molar-refractivity contribution is 0.319. The van der Waals surface area contributed by atoms with Crippen LogP contribution in [0.25, 0.3) is 5.57 Å². The summed E-state index contributed by atoms with van der Waals surface area (Å²) in [5.74, 6) is 0. The number of nitrogens with zero attached hydrogens (tertiary/aromatic N) is 1. The Morgan fingerprint density at radius 1 is 1.25 bits per heavy atom. The van der Waals surface area contributed by atoms with E-state index in [1.165, 1.54) is 5.57 Å². The molecule has 1 N–H and O–H groups in total. The maximum atomic E-state index is 11.4. The predicted octanol–water partition coefficient (Wildman–Crippen LogP) is 3.99. The van der Waals surface area contributed by atoms with E-state index < -0.39 is 10.8 Å². The van der Waals surface area contributed by atoms with Gasteiger partial charge in [0, 0.05) is 27.5 Å². The molecular formula is C16H21NO2S. The van der Waals surface area contributed by atoms with Crippen molar-refractivity contribution in [2.24, 2.45) is 5.16 Å². The molecule has 4 heteroatoms. The molecule has 108 valence electrons. The van der Waals surface area contributed by atoms with Crippen molar-refractivity contribution in [2.45, 2.75) is 43.9 Å². The number of rotatable bonds is 5. The molecule has 1 aliphatic carbocycles. The second-order valence-corrected chi connectivity index (χ2v) is 6.49. The third kappa shape index (κ3) is 3.18. The Balaban J connectivity index is 2.36. The Morgan fingerprint density at radius 2 is 1.95 bits per heavy atom. The molecule has 1 unspecified atom stereocenters. The van der Waals surface area contributed by atoms with Crippen LogP contribution in [0.2, 0.25) is 0 Å². The molecule has 0 spiro atoms. The average molecular weight is 291 g/mol. The second kappa shape index (κ2) is 6.84.